The van der Waals surface area contributed by atoms with E-state index < -0.39 is 0 Å². The lowest BCUT2D eigenvalue weighted by Gasteiger charge is -1.99. The number of ether oxygens (including phenoxy) is 1. The van der Waals surface area contributed by atoms with Crippen LogP contribution in [0.5, 0.6) is 0 Å². The van der Waals surface area contributed by atoms with Gasteiger partial charge >= 0.3 is 5.97 Å². The van der Waals surface area contributed by atoms with Gasteiger partial charge in [0, 0.05) is 12.2 Å². The number of hydrogen-bond donors (Lipinski definition) is 0. The van der Waals surface area contributed by atoms with E-state index in [2.05, 4.69) is 9.84 Å². The predicted octanol–water partition coefficient (Wildman–Crippen LogP) is 2.02. The van der Waals surface area contributed by atoms with Crippen LogP contribution in [0.15, 0.2) is 6.20 Å². The van der Waals surface area contributed by atoms with Gasteiger partial charge in [0.05, 0.1) is 13.3 Å². The molecule has 0 N–H and O–H groups in total. The van der Waals surface area contributed by atoms with Crippen molar-refractivity contribution in [3.8, 4) is 0 Å². The highest BCUT2D eigenvalue weighted by atomic mass is 16.5. The molecule has 0 bridgehead atoms. The summed E-state index contributed by atoms with van der Waals surface area (Å²) in [6, 6.07) is 0. The Balaban J connectivity index is 0.000000791. The van der Waals surface area contributed by atoms with Gasteiger partial charge in [-0.1, -0.05) is 13.8 Å². The molecule has 0 aliphatic heterocycles. The van der Waals surface area contributed by atoms with Crippen LogP contribution in [0.3, 0.4) is 0 Å². The molecule has 14 heavy (non-hydrogen) atoms. The van der Waals surface area contributed by atoms with E-state index in [0.29, 0.717) is 5.56 Å². The van der Waals surface area contributed by atoms with Gasteiger partial charge in [0.1, 0.15) is 5.56 Å². The molecule has 80 valence electrons. The minimum absolute atomic E-state index is 0.327. The average molecular weight is 198 g/mol. The highest BCUT2D eigenvalue weighted by Gasteiger charge is 2.12. The van der Waals surface area contributed by atoms with E-state index in [1.807, 2.05) is 27.7 Å². The monoisotopic (exact) mass is 198 g/mol. The molecule has 0 spiro atoms. The lowest BCUT2D eigenvalue weighted by atomic mass is 10.3. The Morgan fingerprint density at radius 1 is 1.57 bits per heavy atom. The number of nitrogens with zero attached hydrogens (tertiary/aromatic N) is 2. The summed E-state index contributed by atoms with van der Waals surface area (Å²) in [6.45, 7) is 8.59. The normalized spacial score (nSPS) is 8.93. The van der Waals surface area contributed by atoms with Crippen molar-refractivity contribution in [3.05, 3.63) is 17.5 Å². The van der Waals surface area contributed by atoms with Crippen molar-refractivity contribution >= 4 is 5.97 Å². The molecule has 1 rings (SSSR count). The van der Waals surface area contributed by atoms with Crippen molar-refractivity contribution in [2.24, 2.45) is 0 Å². The zero-order valence-corrected chi connectivity index (χ0v) is 9.50. The van der Waals surface area contributed by atoms with Gasteiger partial charge in [0.2, 0.25) is 0 Å². The second-order valence-corrected chi connectivity index (χ2v) is 2.45. The Kier molecular flexibility index (Phi) is 5.60. The Hall–Kier alpha value is -1.32. The van der Waals surface area contributed by atoms with Gasteiger partial charge in [0.15, 0.2) is 0 Å². The van der Waals surface area contributed by atoms with E-state index in [0.717, 1.165) is 12.2 Å². The molecule has 0 saturated heterocycles. The fourth-order valence-electron chi connectivity index (χ4n) is 1.08. The van der Waals surface area contributed by atoms with Gasteiger partial charge in [-0.25, -0.2) is 4.79 Å². The fourth-order valence-corrected chi connectivity index (χ4v) is 1.08. The number of carbonyl (C=O) groups is 1. The van der Waals surface area contributed by atoms with Gasteiger partial charge < -0.3 is 4.74 Å². The van der Waals surface area contributed by atoms with Crippen LogP contribution in [-0.2, 0) is 11.3 Å². The molecule has 0 aliphatic carbocycles. The number of carbonyl (C=O) groups excluding carboxylic acids is 1. The largest absolute Gasteiger partial charge is 0.465 e. The summed E-state index contributed by atoms with van der Waals surface area (Å²) in [6.07, 6.45) is 1.53. The number of aromatic nitrogens is 2. The van der Waals surface area contributed by atoms with Crippen LogP contribution in [0, 0.1) is 6.92 Å². The molecule has 0 amide bonds. The van der Waals surface area contributed by atoms with E-state index in [1.165, 1.54) is 13.3 Å². The Labute approximate surface area is 84.9 Å². The summed E-state index contributed by atoms with van der Waals surface area (Å²) in [7, 11) is 1.37. The molecule has 0 aliphatic rings. The lowest BCUT2D eigenvalue weighted by molar-refractivity contribution is 0.0599. The number of methoxy groups -OCH3 is 1. The molecule has 0 fully saturated rings. The molecule has 0 unspecified atom stereocenters. The molecule has 4 nitrogen and oxygen atoms in total. The molecule has 0 saturated carbocycles. The second kappa shape index (κ2) is 6.18. The predicted molar refractivity (Wildman–Crippen MR) is 55.3 cm³/mol. The topological polar surface area (TPSA) is 44.1 Å². The standard InChI is InChI=1S/C8H12N2O2.C2H6/c1-4-10-6(2)7(5-9-10)8(11)12-3;1-2/h5H,4H2,1-3H3;1-2H3. The summed E-state index contributed by atoms with van der Waals surface area (Å²) in [4.78, 5) is 11.1. The van der Waals surface area contributed by atoms with Crippen molar-refractivity contribution in [1.82, 2.24) is 9.78 Å². The van der Waals surface area contributed by atoms with Crippen molar-refractivity contribution in [3.63, 3.8) is 0 Å². The summed E-state index contributed by atoms with van der Waals surface area (Å²) >= 11 is 0. The Morgan fingerprint density at radius 3 is 2.50 bits per heavy atom. The fraction of sp³-hybridized carbons (Fsp3) is 0.600. The Morgan fingerprint density at radius 2 is 2.14 bits per heavy atom. The average Bonchev–Trinajstić information content (AvgIpc) is 2.61. The third-order valence-corrected chi connectivity index (χ3v) is 1.81. The van der Waals surface area contributed by atoms with Crippen molar-refractivity contribution in [1.29, 1.82) is 0 Å². The summed E-state index contributed by atoms with van der Waals surface area (Å²) in [5, 5.41) is 4.02. The van der Waals surface area contributed by atoms with Crippen LogP contribution in [0.4, 0.5) is 0 Å². The van der Waals surface area contributed by atoms with E-state index in [4.69, 9.17) is 0 Å². The summed E-state index contributed by atoms with van der Waals surface area (Å²) in [5.74, 6) is -0.327. The van der Waals surface area contributed by atoms with E-state index in [-0.39, 0.29) is 5.97 Å². The summed E-state index contributed by atoms with van der Waals surface area (Å²) in [5.41, 5.74) is 1.39. The summed E-state index contributed by atoms with van der Waals surface area (Å²) < 4.78 is 6.34. The molecular formula is C10H18N2O2. The lowest BCUT2D eigenvalue weighted by Crippen LogP contribution is -2.04. The molecule has 1 aromatic heterocycles. The zero-order valence-electron chi connectivity index (χ0n) is 9.50. The third-order valence-electron chi connectivity index (χ3n) is 1.81. The van der Waals surface area contributed by atoms with Crippen molar-refractivity contribution in [2.75, 3.05) is 7.11 Å². The highest BCUT2D eigenvalue weighted by molar-refractivity contribution is 5.90. The van der Waals surface area contributed by atoms with Crippen LogP contribution < -0.4 is 0 Å². The quantitative estimate of drug-likeness (QED) is 0.683. The van der Waals surface area contributed by atoms with Gasteiger partial charge in [0.25, 0.3) is 0 Å². The van der Waals surface area contributed by atoms with Crippen LogP contribution in [-0.4, -0.2) is 22.9 Å². The van der Waals surface area contributed by atoms with Crippen molar-refractivity contribution < 1.29 is 9.53 Å². The number of aryl methyl sites for hydroxylation is 1. The Bertz CT molecular complexity index is 292. The van der Waals surface area contributed by atoms with Crippen LogP contribution >= 0.6 is 0 Å². The first kappa shape index (κ1) is 12.7. The third kappa shape index (κ3) is 2.58. The minimum Gasteiger partial charge on any atom is -0.465 e. The maximum absolute atomic E-state index is 11.1. The molecule has 0 radical (unpaired) electrons. The molecule has 0 atom stereocenters. The number of hydrogen-bond acceptors (Lipinski definition) is 3. The van der Waals surface area contributed by atoms with Gasteiger partial charge in [-0.15, -0.1) is 0 Å². The van der Waals surface area contributed by atoms with Crippen LogP contribution in [0.25, 0.3) is 0 Å². The van der Waals surface area contributed by atoms with E-state index in [1.54, 1.807) is 4.68 Å². The number of esters is 1. The zero-order chi connectivity index (χ0) is 11.1. The van der Waals surface area contributed by atoms with E-state index >= 15 is 0 Å². The maximum Gasteiger partial charge on any atom is 0.341 e. The SMILES string of the molecule is CC.CCn1ncc(C(=O)OC)c1C. The second-order valence-electron chi connectivity index (χ2n) is 2.45. The van der Waals surface area contributed by atoms with Gasteiger partial charge in [-0.2, -0.15) is 5.10 Å². The highest BCUT2D eigenvalue weighted by Crippen LogP contribution is 2.07. The van der Waals surface area contributed by atoms with Crippen molar-refractivity contribution in [2.45, 2.75) is 34.2 Å². The molecule has 1 heterocycles. The molecule has 0 aromatic carbocycles. The molecular weight excluding hydrogens is 180 g/mol. The number of rotatable bonds is 2. The van der Waals surface area contributed by atoms with E-state index in [9.17, 15) is 4.79 Å². The van der Waals surface area contributed by atoms with Gasteiger partial charge in [-0.3, -0.25) is 4.68 Å². The first-order valence-electron chi connectivity index (χ1n) is 4.81. The van der Waals surface area contributed by atoms with Gasteiger partial charge in [-0.05, 0) is 13.8 Å². The first-order chi connectivity index (χ1) is 6.70. The van der Waals surface area contributed by atoms with Crippen LogP contribution in [0.2, 0.25) is 0 Å². The first-order valence-corrected chi connectivity index (χ1v) is 4.81. The maximum atomic E-state index is 11.1. The molecule has 4 heteroatoms. The van der Waals surface area contributed by atoms with Crippen LogP contribution in [0.1, 0.15) is 36.8 Å². The molecule has 1 aromatic rings. The minimum atomic E-state index is -0.327. The smallest absolute Gasteiger partial charge is 0.341 e.